The molecule has 0 radical (unpaired) electrons. The molecule has 1 aromatic rings. The van der Waals surface area contributed by atoms with Gasteiger partial charge < -0.3 is 18.9 Å². The summed E-state index contributed by atoms with van der Waals surface area (Å²) in [5, 5.41) is 0. The molecule has 1 heterocycles. The normalized spacial score (nSPS) is 15.9. The van der Waals surface area contributed by atoms with Crippen molar-refractivity contribution in [2.75, 3.05) is 33.5 Å². The number of hydrogen-bond acceptors (Lipinski definition) is 7. The molecule has 1 saturated heterocycles. The molecule has 0 aromatic heterocycles. The predicted molar refractivity (Wildman–Crippen MR) is 96.5 cm³/mol. The zero-order chi connectivity index (χ0) is 19.9. The number of ketones is 1. The van der Waals surface area contributed by atoms with E-state index in [9.17, 15) is 14.4 Å². The fraction of sp³-hybridized carbons (Fsp3) is 0.550. The van der Waals surface area contributed by atoms with Crippen LogP contribution in [-0.4, -0.2) is 51.3 Å². The summed E-state index contributed by atoms with van der Waals surface area (Å²) in [7, 11) is 1.56. The van der Waals surface area contributed by atoms with E-state index >= 15 is 0 Å². The number of esters is 2. The fourth-order valence-corrected chi connectivity index (χ4v) is 3.35. The molecule has 0 spiro atoms. The van der Waals surface area contributed by atoms with Crippen LogP contribution in [0.3, 0.4) is 0 Å². The highest BCUT2D eigenvalue weighted by Crippen LogP contribution is 2.39. The second-order valence-electron chi connectivity index (χ2n) is 6.22. The molecule has 0 saturated carbocycles. The van der Waals surface area contributed by atoms with Gasteiger partial charge in [0.25, 0.3) is 0 Å². The maximum atomic E-state index is 13.5. The largest absolute Gasteiger partial charge is 0.497 e. The van der Waals surface area contributed by atoms with E-state index in [4.69, 9.17) is 18.9 Å². The van der Waals surface area contributed by atoms with Crippen LogP contribution in [0, 0.1) is 5.92 Å². The Labute approximate surface area is 158 Å². The van der Waals surface area contributed by atoms with Crippen LogP contribution in [0.4, 0.5) is 0 Å². The number of carbonyl (C=O) groups is 3. The van der Waals surface area contributed by atoms with E-state index in [0.717, 1.165) is 5.56 Å². The van der Waals surface area contributed by atoms with E-state index in [-0.39, 0.29) is 13.2 Å². The molecule has 7 heteroatoms. The van der Waals surface area contributed by atoms with Gasteiger partial charge in [0.1, 0.15) is 5.75 Å². The highest BCUT2D eigenvalue weighted by molar-refractivity contribution is 6.18. The predicted octanol–water partition coefficient (Wildman–Crippen LogP) is 2.05. The lowest BCUT2D eigenvalue weighted by Gasteiger charge is -2.37. The SMILES string of the molecule is CCOC(=O)C(C(=O)OCC)C(=O)C1(c2ccc(OC)cc2)CCOCC1. The Morgan fingerprint density at radius 3 is 1.96 bits per heavy atom. The third kappa shape index (κ3) is 4.47. The Kier molecular flexibility index (Phi) is 7.36. The van der Waals surface area contributed by atoms with E-state index in [1.807, 2.05) is 0 Å². The number of carbonyl (C=O) groups excluding carboxylic acids is 3. The quantitative estimate of drug-likeness (QED) is 0.505. The van der Waals surface area contributed by atoms with Crippen LogP contribution < -0.4 is 4.74 Å². The van der Waals surface area contributed by atoms with Gasteiger partial charge in [-0.05, 0) is 44.4 Å². The van der Waals surface area contributed by atoms with Crippen molar-refractivity contribution in [2.24, 2.45) is 5.92 Å². The first kappa shape index (κ1) is 20.9. The van der Waals surface area contributed by atoms with E-state index in [1.54, 1.807) is 45.2 Å². The van der Waals surface area contributed by atoms with Crippen molar-refractivity contribution in [1.82, 2.24) is 0 Å². The zero-order valence-corrected chi connectivity index (χ0v) is 16.0. The first-order valence-electron chi connectivity index (χ1n) is 9.10. The van der Waals surface area contributed by atoms with E-state index < -0.39 is 29.1 Å². The Hall–Kier alpha value is -2.41. The Morgan fingerprint density at radius 2 is 1.52 bits per heavy atom. The van der Waals surface area contributed by atoms with Gasteiger partial charge in [-0.25, -0.2) is 0 Å². The molecule has 0 N–H and O–H groups in total. The smallest absolute Gasteiger partial charge is 0.328 e. The lowest BCUT2D eigenvalue weighted by Crippen LogP contribution is -2.49. The summed E-state index contributed by atoms with van der Waals surface area (Å²) in [4.78, 5) is 38.4. The number of rotatable bonds is 8. The minimum Gasteiger partial charge on any atom is -0.497 e. The van der Waals surface area contributed by atoms with Crippen LogP contribution >= 0.6 is 0 Å². The maximum Gasteiger partial charge on any atom is 0.328 e. The molecule has 0 atom stereocenters. The Bertz CT molecular complexity index is 641. The second-order valence-corrected chi connectivity index (χ2v) is 6.22. The third-order valence-corrected chi connectivity index (χ3v) is 4.77. The van der Waals surface area contributed by atoms with Gasteiger partial charge >= 0.3 is 11.9 Å². The molecule has 1 aliphatic heterocycles. The van der Waals surface area contributed by atoms with Crippen molar-refractivity contribution >= 4 is 17.7 Å². The lowest BCUT2D eigenvalue weighted by molar-refractivity contribution is -0.166. The summed E-state index contributed by atoms with van der Waals surface area (Å²) < 4.78 is 20.6. The van der Waals surface area contributed by atoms with Crippen molar-refractivity contribution in [3.8, 4) is 5.75 Å². The van der Waals surface area contributed by atoms with Gasteiger partial charge in [-0.15, -0.1) is 0 Å². The van der Waals surface area contributed by atoms with E-state index in [0.29, 0.717) is 31.8 Å². The lowest BCUT2D eigenvalue weighted by atomic mass is 9.67. The van der Waals surface area contributed by atoms with Gasteiger partial charge in [-0.3, -0.25) is 14.4 Å². The van der Waals surface area contributed by atoms with Crippen molar-refractivity contribution in [3.05, 3.63) is 29.8 Å². The fourth-order valence-electron chi connectivity index (χ4n) is 3.35. The average Bonchev–Trinajstić information content (AvgIpc) is 2.69. The molecule has 1 aliphatic rings. The molecular formula is C20H26O7. The van der Waals surface area contributed by atoms with Gasteiger partial charge in [-0.2, -0.15) is 0 Å². The van der Waals surface area contributed by atoms with E-state index in [1.165, 1.54) is 0 Å². The van der Waals surface area contributed by atoms with Crippen LogP contribution in [-0.2, 0) is 34.0 Å². The second kappa shape index (κ2) is 9.50. The molecule has 0 aliphatic carbocycles. The number of ether oxygens (including phenoxy) is 4. The van der Waals surface area contributed by atoms with Crippen molar-refractivity contribution in [3.63, 3.8) is 0 Å². The van der Waals surface area contributed by atoms with Gasteiger partial charge in [0.05, 0.1) is 25.7 Å². The summed E-state index contributed by atoms with van der Waals surface area (Å²) in [6.07, 6.45) is 0.737. The molecule has 0 amide bonds. The van der Waals surface area contributed by atoms with Crippen LogP contribution in [0.5, 0.6) is 5.75 Å². The standard InChI is InChI=1S/C20H26O7/c1-4-26-18(22)16(19(23)27-5-2)17(21)20(10-12-25-13-11-20)14-6-8-15(24-3)9-7-14/h6-9,16H,4-5,10-13H2,1-3H3. The zero-order valence-electron chi connectivity index (χ0n) is 16.0. The Balaban J connectivity index is 2.46. The summed E-state index contributed by atoms with van der Waals surface area (Å²) in [6.45, 7) is 4.10. The maximum absolute atomic E-state index is 13.5. The van der Waals surface area contributed by atoms with Crippen LogP contribution in [0.15, 0.2) is 24.3 Å². The molecule has 1 aromatic carbocycles. The van der Waals surface area contributed by atoms with Crippen molar-refractivity contribution < 1.29 is 33.3 Å². The summed E-state index contributed by atoms with van der Waals surface area (Å²) in [5.74, 6) is -3.21. The molecule has 27 heavy (non-hydrogen) atoms. The van der Waals surface area contributed by atoms with Gasteiger partial charge in [0.15, 0.2) is 5.78 Å². The van der Waals surface area contributed by atoms with Crippen LogP contribution in [0.25, 0.3) is 0 Å². The number of hydrogen-bond donors (Lipinski definition) is 0. The highest BCUT2D eigenvalue weighted by Gasteiger charge is 2.50. The summed E-state index contributed by atoms with van der Waals surface area (Å²) in [6, 6.07) is 7.08. The number of Topliss-reactive ketones (excluding diaryl/α,β-unsaturated/α-hetero) is 1. The molecule has 148 valence electrons. The highest BCUT2D eigenvalue weighted by atomic mass is 16.6. The topological polar surface area (TPSA) is 88.1 Å². The summed E-state index contributed by atoms with van der Waals surface area (Å²) >= 11 is 0. The third-order valence-electron chi connectivity index (χ3n) is 4.77. The molecular weight excluding hydrogens is 352 g/mol. The van der Waals surface area contributed by atoms with Crippen molar-refractivity contribution in [1.29, 1.82) is 0 Å². The van der Waals surface area contributed by atoms with E-state index in [2.05, 4.69) is 0 Å². The summed E-state index contributed by atoms with van der Waals surface area (Å²) in [5.41, 5.74) is -0.301. The average molecular weight is 378 g/mol. The van der Waals surface area contributed by atoms with Crippen LogP contribution in [0.2, 0.25) is 0 Å². The first-order valence-corrected chi connectivity index (χ1v) is 9.10. The van der Waals surface area contributed by atoms with Gasteiger partial charge in [-0.1, -0.05) is 12.1 Å². The molecule has 0 unspecified atom stereocenters. The Morgan fingerprint density at radius 1 is 1.00 bits per heavy atom. The minimum atomic E-state index is -1.61. The van der Waals surface area contributed by atoms with Gasteiger partial charge in [0, 0.05) is 13.2 Å². The van der Waals surface area contributed by atoms with Crippen molar-refractivity contribution in [2.45, 2.75) is 32.1 Å². The van der Waals surface area contributed by atoms with Gasteiger partial charge in [0.2, 0.25) is 5.92 Å². The molecule has 2 rings (SSSR count). The number of benzene rings is 1. The number of methoxy groups -OCH3 is 1. The monoisotopic (exact) mass is 378 g/mol. The van der Waals surface area contributed by atoms with Crippen LogP contribution in [0.1, 0.15) is 32.3 Å². The minimum absolute atomic E-state index is 0.0701. The molecule has 7 nitrogen and oxygen atoms in total. The molecule has 0 bridgehead atoms. The first-order chi connectivity index (χ1) is 13.0. The molecule has 1 fully saturated rings.